The van der Waals surface area contributed by atoms with Gasteiger partial charge in [0.2, 0.25) is 0 Å². The Kier molecular flexibility index (Phi) is 3.21. The van der Waals surface area contributed by atoms with Gasteiger partial charge in [0.25, 0.3) is 0 Å². The minimum atomic E-state index is -1.17. The molecule has 0 unspecified atom stereocenters. The minimum Gasteiger partial charge on any atom is -0.325 e. The van der Waals surface area contributed by atoms with Crippen LogP contribution in [0.15, 0.2) is 0 Å². The van der Waals surface area contributed by atoms with Gasteiger partial charge >= 0.3 is 0 Å². The summed E-state index contributed by atoms with van der Waals surface area (Å²) in [5.74, 6) is 4.75. The predicted molar refractivity (Wildman–Crippen MR) is 32.0 cm³/mol. The van der Waals surface area contributed by atoms with Gasteiger partial charge in [-0.05, 0) is 13.8 Å². The second-order valence-corrected chi connectivity index (χ2v) is 1.66. The molecule has 0 aliphatic rings. The van der Waals surface area contributed by atoms with E-state index in [0.717, 1.165) is 0 Å². The molecule has 0 saturated carbocycles. The summed E-state index contributed by atoms with van der Waals surface area (Å²) < 4.78 is 12.2. The summed E-state index contributed by atoms with van der Waals surface area (Å²) in [6.07, 6.45) is -1.17. The van der Waals surface area contributed by atoms with Crippen molar-refractivity contribution in [2.45, 2.75) is 26.1 Å². The van der Waals surface area contributed by atoms with E-state index in [1.807, 2.05) is 0 Å². The first-order valence-corrected chi connectivity index (χ1v) is 2.50. The summed E-state index contributed by atoms with van der Waals surface area (Å²) in [7, 11) is 0. The van der Waals surface area contributed by atoms with Crippen LogP contribution in [0, 0.1) is 11.8 Å². The molecule has 0 bridgehead atoms. The van der Waals surface area contributed by atoms with Crippen LogP contribution in [0.5, 0.6) is 0 Å². The molecule has 0 fully saturated rings. The number of hydrogen-bond acceptors (Lipinski definition) is 1. The fourth-order valence-electron chi connectivity index (χ4n) is 0.269. The lowest BCUT2D eigenvalue weighted by Gasteiger charge is -2.01. The highest BCUT2D eigenvalue weighted by Gasteiger charge is 2.05. The number of alkyl halides is 1. The minimum absolute atomic E-state index is 0.470. The van der Waals surface area contributed by atoms with Crippen molar-refractivity contribution in [2.24, 2.45) is 5.73 Å². The van der Waals surface area contributed by atoms with E-state index in [4.69, 9.17) is 5.73 Å². The van der Waals surface area contributed by atoms with Crippen LogP contribution >= 0.6 is 0 Å². The molecule has 46 valence electrons. The molecule has 0 saturated heterocycles. The first kappa shape index (κ1) is 7.45. The van der Waals surface area contributed by atoms with Crippen LogP contribution in [0.3, 0.4) is 0 Å². The van der Waals surface area contributed by atoms with Gasteiger partial charge in [0, 0.05) is 6.04 Å². The molecule has 0 heterocycles. The summed E-state index contributed by atoms with van der Waals surface area (Å²) >= 11 is 0. The first-order chi connectivity index (χ1) is 3.68. The van der Waals surface area contributed by atoms with Gasteiger partial charge < -0.3 is 5.73 Å². The zero-order valence-electron chi connectivity index (χ0n) is 5.11. The van der Waals surface area contributed by atoms with Gasteiger partial charge in [0.05, 0.1) is 0 Å². The molecule has 0 radical (unpaired) electrons. The maximum Gasteiger partial charge on any atom is 0.175 e. The van der Waals surface area contributed by atoms with E-state index in [2.05, 4.69) is 11.8 Å². The normalized spacial score (nSPS) is 16.0. The number of rotatable bonds is 1. The molecule has 0 amide bonds. The SMILES string of the molecule is CC#C[C@@H](F)[C@@H](C)N. The van der Waals surface area contributed by atoms with E-state index >= 15 is 0 Å². The molecule has 2 N–H and O–H groups in total. The molecule has 1 nitrogen and oxygen atoms in total. The molecule has 2 heteroatoms. The van der Waals surface area contributed by atoms with Crippen LogP contribution in [-0.2, 0) is 0 Å². The smallest absolute Gasteiger partial charge is 0.175 e. The van der Waals surface area contributed by atoms with Gasteiger partial charge in [0.15, 0.2) is 6.17 Å². The molecule has 0 spiro atoms. The zero-order valence-corrected chi connectivity index (χ0v) is 5.11. The van der Waals surface area contributed by atoms with E-state index in [0.29, 0.717) is 0 Å². The maximum absolute atomic E-state index is 12.2. The highest BCUT2D eigenvalue weighted by molar-refractivity contribution is 5.04. The quantitative estimate of drug-likeness (QED) is 0.500. The van der Waals surface area contributed by atoms with Gasteiger partial charge in [-0.1, -0.05) is 5.92 Å². The van der Waals surface area contributed by atoms with Crippen LogP contribution in [0.1, 0.15) is 13.8 Å². The van der Waals surface area contributed by atoms with Crippen molar-refractivity contribution in [3.8, 4) is 11.8 Å². The Balaban J connectivity index is 3.58. The molecule has 0 aromatic heterocycles. The van der Waals surface area contributed by atoms with Crippen molar-refractivity contribution in [2.75, 3.05) is 0 Å². The number of halogens is 1. The molecule has 2 atom stereocenters. The van der Waals surface area contributed by atoms with Gasteiger partial charge in [0.1, 0.15) is 0 Å². The Morgan fingerprint density at radius 1 is 1.62 bits per heavy atom. The fourth-order valence-corrected chi connectivity index (χ4v) is 0.269. The topological polar surface area (TPSA) is 26.0 Å². The molecular weight excluding hydrogens is 105 g/mol. The summed E-state index contributed by atoms with van der Waals surface area (Å²) in [5, 5.41) is 0. The van der Waals surface area contributed by atoms with E-state index in [9.17, 15) is 4.39 Å². The van der Waals surface area contributed by atoms with Gasteiger partial charge in [-0.2, -0.15) is 0 Å². The van der Waals surface area contributed by atoms with Crippen LogP contribution < -0.4 is 5.73 Å². The first-order valence-electron chi connectivity index (χ1n) is 2.50. The predicted octanol–water partition coefficient (Wildman–Crippen LogP) is 0.695. The highest BCUT2D eigenvalue weighted by atomic mass is 19.1. The lowest BCUT2D eigenvalue weighted by atomic mass is 10.2. The van der Waals surface area contributed by atoms with Gasteiger partial charge in [-0.25, -0.2) is 4.39 Å². The van der Waals surface area contributed by atoms with Crippen molar-refractivity contribution in [3.63, 3.8) is 0 Å². The van der Waals surface area contributed by atoms with Crippen LogP contribution in [0.2, 0.25) is 0 Å². The van der Waals surface area contributed by atoms with Crippen molar-refractivity contribution in [3.05, 3.63) is 0 Å². The number of hydrogen-bond donors (Lipinski definition) is 1. The molecule has 0 aliphatic carbocycles. The van der Waals surface area contributed by atoms with Crippen molar-refractivity contribution >= 4 is 0 Å². The Morgan fingerprint density at radius 2 is 2.12 bits per heavy atom. The number of nitrogens with two attached hydrogens (primary N) is 1. The monoisotopic (exact) mass is 115 g/mol. The molecule has 0 aliphatic heterocycles. The molecular formula is C6H10FN. The third-order valence-electron chi connectivity index (χ3n) is 0.744. The molecule has 0 rings (SSSR count). The van der Waals surface area contributed by atoms with Crippen LogP contribution in [0.25, 0.3) is 0 Å². The Hall–Kier alpha value is -0.550. The van der Waals surface area contributed by atoms with Crippen molar-refractivity contribution < 1.29 is 4.39 Å². The van der Waals surface area contributed by atoms with E-state index in [1.165, 1.54) is 0 Å². The van der Waals surface area contributed by atoms with Crippen molar-refractivity contribution in [1.29, 1.82) is 0 Å². The lowest BCUT2D eigenvalue weighted by Crippen LogP contribution is -2.26. The molecule has 0 aromatic rings. The van der Waals surface area contributed by atoms with Gasteiger partial charge in [-0.3, -0.25) is 0 Å². The fraction of sp³-hybridized carbons (Fsp3) is 0.667. The third kappa shape index (κ3) is 2.59. The van der Waals surface area contributed by atoms with E-state index < -0.39 is 12.2 Å². The van der Waals surface area contributed by atoms with Crippen molar-refractivity contribution in [1.82, 2.24) is 0 Å². The lowest BCUT2D eigenvalue weighted by molar-refractivity contribution is 0.365. The Labute approximate surface area is 49.1 Å². The second kappa shape index (κ2) is 3.45. The molecule has 8 heavy (non-hydrogen) atoms. The van der Waals surface area contributed by atoms with E-state index in [1.54, 1.807) is 13.8 Å². The second-order valence-electron chi connectivity index (χ2n) is 1.66. The van der Waals surface area contributed by atoms with Crippen LogP contribution in [0.4, 0.5) is 4.39 Å². The van der Waals surface area contributed by atoms with Gasteiger partial charge in [-0.15, -0.1) is 5.92 Å². The average Bonchev–Trinajstić information content (AvgIpc) is 1.67. The zero-order chi connectivity index (χ0) is 6.57. The Morgan fingerprint density at radius 3 is 2.25 bits per heavy atom. The largest absolute Gasteiger partial charge is 0.325 e. The van der Waals surface area contributed by atoms with E-state index in [-0.39, 0.29) is 0 Å². The standard InChI is InChI=1S/C6H10FN/c1-3-4-6(7)5(2)8/h5-6H,8H2,1-2H3/t5-,6-/m1/s1. The maximum atomic E-state index is 12.2. The average molecular weight is 115 g/mol. The molecule has 0 aromatic carbocycles. The summed E-state index contributed by atoms with van der Waals surface area (Å²) in [6, 6.07) is -0.470. The summed E-state index contributed by atoms with van der Waals surface area (Å²) in [6.45, 7) is 3.18. The third-order valence-corrected chi connectivity index (χ3v) is 0.744. The Bertz CT molecular complexity index is 109. The highest BCUT2D eigenvalue weighted by Crippen LogP contribution is 1.91. The summed E-state index contributed by atoms with van der Waals surface area (Å²) in [5.41, 5.74) is 5.14. The van der Waals surface area contributed by atoms with Crippen LogP contribution in [-0.4, -0.2) is 12.2 Å². The summed E-state index contributed by atoms with van der Waals surface area (Å²) in [4.78, 5) is 0.